The second-order valence-electron chi connectivity index (χ2n) is 7.42. The maximum absolute atomic E-state index is 6.31. The highest BCUT2D eigenvalue weighted by Crippen LogP contribution is 2.37. The molecule has 134 valence electrons. The molecular formula is C16H38O4Si2. The molecule has 0 aliphatic heterocycles. The summed E-state index contributed by atoms with van der Waals surface area (Å²) in [5.74, 6) is 0. The zero-order chi connectivity index (χ0) is 17.7. The van der Waals surface area contributed by atoms with E-state index in [9.17, 15) is 0 Å². The lowest BCUT2D eigenvalue weighted by atomic mass is 10.5. The highest BCUT2D eigenvalue weighted by atomic mass is 28.4. The Labute approximate surface area is 140 Å². The van der Waals surface area contributed by atoms with E-state index in [1.807, 2.05) is 0 Å². The molecule has 4 nitrogen and oxygen atoms in total. The predicted octanol–water partition coefficient (Wildman–Crippen LogP) is 4.76. The van der Waals surface area contributed by atoms with Gasteiger partial charge in [-0.05, 0) is 68.5 Å². The molecule has 0 rings (SSSR count). The summed E-state index contributed by atoms with van der Waals surface area (Å²) in [4.78, 5) is 0. The fourth-order valence-corrected chi connectivity index (χ4v) is 12.1. The van der Waals surface area contributed by atoms with Gasteiger partial charge >= 0.3 is 17.1 Å². The van der Waals surface area contributed by atoms with E-state index in [-0.39, 0.29) is 29.6 Å². The van der Waals surface area contributed by atoms with Gasteiger partial charge in [0.05, 0.1) is 0 Å². The van der Waals surface area contributed by atoms with Crippen LogP contribution < -0.4 is 0 Å². The van der Waals surface area contributed by atoms with E-state index in [2.05, 4.69) is 75.4 Å². The van der Waals surface area contributed by atoms with Gasteiger partial charge in [0.2, 0.25) is 0 Å². The molecular weight excluding hydrogens is 312 g/mol. The van der Waals surface area contributed by atoms with Gasteiger partial charge < -0.3 is 17.7 Å². The Morgan fingerprint density at radius 1 is 0.455 bits per heavy atom. The normalized spacial score (nSPS) is 14.2. The van der Waals surface area contributed by atoms with Crippen molar-refractivity contribution < 1.29 is 17.7 Å². The van der Waals surface area contributed by atoms with E-state index in [0.29, 0.717) is 0 Å². The van der Waals surface area contributed by atoms with Crippen molar-refractivity contribution >= 4 is 17.1 Å². The topological polar surface area (TPSA) is 36.9 Å². The summed E-state index contributed by atoms with van der Waals surface area (Å²) in [6.45, 7) is 23.0. The minimum Gasteiger partial charge on any atom is -0.392 e. The number of rotatable bonds is 10. The average molecular weight is 351 g/mol. The van der Waals surface area contributed by atoms with Crippen molar-refractivity contribution in [2.45, 2.75) is 105 Å². The van der Waals surface area contributed by atoms with E-state index in [1.54, 1.807) is 0 Å². The van der Waals surface area contributed by atoms with E-state index < -0.39 is 17.1 Å². The summed E-state index contributed by atoms with van der Waals surface area (Å²) in [7, 11) is -4.87. The molecule has 0 aliphatic carbocycles. The lowest BCUT2D eigenvalue weighted by Gasteiger charge is -2.43. The standard InChI is InChI=1S/C16H38O4Si2/c1-12(2)17-21(10,18-13(3)4)16(9)22(11,19-14(5)6)20-15(7)8/h12-16H,1-11H3. The smallest absolute Gasteiger partial charge is 0.340 e. The average Bonchev–Trinajstić information content (AvgIpc) is 2.22. The molecule has 0 spiro atoms. The van der Waals surface area contributed by atoms with Crippen LogP contribution in [-0.2, 0) is 17.7 Å². The maximum atomic E-state index is 6.31. The molecule has 0 unspecified atom stereocenters. The summed E-state index contributed by atoms with van der Waals surface area (Å²) in [5.41, 5.74) is 0. The summed E-state index contributed by atoms with van der Waals surface area (Å²) >= 11 is 0. The van der Waals surface area contributed by atoms with Crippen LogP contribution in [0.5, 0.6) is 0 Å². The molecule has 0 saturated heterocycles. The number of hydrogen-bond donors (Lipinski definition) is 0. The monoisotopic (exact) mass is 350 g/mol. The summed E-state index contributed by atoms with van der Waals surface area (Å²) < 4.78 is 25.2. The Morgan fingerprint density at radius 3 is 0.773 bits per heavy atom. The summed E-state index contributed by atoms with van der Waals surface area (Å²) in [6.07, 6.45) is 0.534. The van der Waals surface area contributed by atoms with Crippen LogP contribution in [0, 0.1) is 0 Å². The first kappa shape index (κ1) is 22.3. The third kappa shape index (κ3) is 7.23. The van der Waals surface area contributed by atoms with Crippen molar-refractivity contribution in [3.05, 3.63) is 0 Å². The van der Waals surface area contributed by atoms with Crippen LogP contribution in [-0.4, -0.2) is 41.5 Å². The minimum atomic E-state index is -2.44. The molecule has 0 aromatic rings. The Balaban J connectivity index is 5.54. The fraction of sp³-hybridized carbons (Fsp3) is 1.00. The van der Waals surface area contributed by atoms with Crippen LogP contribution in [0.1, 0.15) is 62.3 Å². The quantitative estimate of drug-likeness (QED) is 0.532. The maximum Gasteiger partial charge on any atom is 0.340 e. The second kappa shape index (κ2) is 8.94. The largest absolute Gasteiger partial charge is 0.392 e. The Kier molecular flexibility index (Phi) is 9.05. The van der Waals surface area contributed by atoms with Crippen molar-refractivity contribution in [2.24, 2.45) is 0 Å². The zero-order valence-electron chi connectivity index (χ0n) is 16.5. The van der Waals surface area contributed by atoms with E-state index >= 15 is 0 Å². The molecule has 0 heterocycles. The van der Waals surface area contributed by atoms with Gasteiger partial charge in [-0.2, -0.15) is 0 Å². The molecule has 22 heavy (non-hydrogen) atoms. The Hall–Kier alpha value is 0.274. The summed E-state index contributed by atoms with van der Waals surface area (Å²) in [5, 5.41) is 0.162. The third-order valence-corrected chi connectivity index (χ3v) is 13.5. The van der Waals surface area contributed by atoms with Crippen LogP contribution >= 0.6 is 0 Å². The van der Waals surface area contributed by atoms with Crippen LogP contribution in [0.2, 0.25) is 18.3 Å². The van der Waals surface area contributed by atoms with Crippen molar-refractivity contribution in [2.75, 3.05) is 0 Å². The van der Waals surface area contributed by atoms with Crippen molar-refractivity contribution in [1.82, 2.24) is 0 Å². The van der Waals surface area contributed by atoms with Crippen molar-refractivity contribution in [3.63, 3.8) is 0 Å². The molecule has 0 aromatic heterocycles. The lowest BCUT2D eigenvalue weighted by molar-refractivity contribution is 0.0830. The van der Waals surface area contributed by atoms with Gasteiger partial charge in [-0.3, -0.25) is 0 Å². The molecule has 0 atom stereocenters. The Bertz CT molecular complexity index is 269. The molecule has 0 aliphatic rings. The lowest BCUT2D eigenvalue weighted by Crippen LogP contribution is -2.59. The second-order valence-corrected chi connectivity index (χ2v) is 14.7. The molecule has 0 radical (unpaired) electrons. The van der Waals surface area contributed by atoms with Gasteiger partial charge in [0.25, 0.3) is 0 Å². The van der Waals surface area contributed by atoms with Gasteiger partial charge in [0.1, 0.15) is 0 Å². The third-order valence-electron chi connectivity index (χ3n) is 3.45. The van der Waals surface area contributed by atoms with E-state index in [0.717, 1.165) is 0 Å². The molecule has 0 saturated carbocycles. The highest BCUT2D eigenvalue weighted by Gasteiger charge is 2.54. The van der Waals surface area contributed by atoms with Gasteiger partial charge in [0.15, 0.2) is 0 Å². The summed E-state index contributed by atoms with van der Waals surface area (Å²) in [6, 6.07) is 0. The van der Waals surface area contributed by atoms with Gasteiger partial charge in [-0.15, -0.1) is 0 Å². The minimum absolute atomic E-state index is 0.134. The van der Waals surface area contributed by atoms with Gasteiger partial charge in [-0.25, -0.2) is 0 Å². The molecule has 6 heteroatoms. The van der Waals surface area contributed by atoms with Crippen molar-refractivity contribution in [1.29, 1.82) is 0 Å². The van der Waals surface area contributed by atoms with Crippen molar-refractivity contribution in [3.8, 4) is 0 Å². The molecule has 0 aromatic carbocycles. The molecule has 0 bridgehead atoms. The highest BCUT2D eigenvalue weighted by molar-refractivity contribution is 6.87. The van der Waals surface area contributed by atoms with Crippen LogP contribution in [0.3, 0.4) is 0 Å². The van der Waals surface area contributed by atoms with Crippen LogP contribution in [0.15, 0.2) is 0 Å². The SMILES string of the molecule is CC(C)O[Si](C)(OC(C)C)C(C)[Si](C)(OC(C)C)OC(C)C. The first-order chi connectivity index (χ1) is 9.82. The van der Waals surface area contributed by atoms with Gasteiger partial charge in [0, 0.05) is 29.6 Å². The predicted molar refractivity (Wildman–Crippen MR) is 97.5 cm³/mol. The molecule has 0 fully saturated rings. The fourth-order valence-electron chi connectivity index (χ4n) is 2.81. The first-order valence-corrected chi connectivity index (χ1v) is 13.3. The molecule has 0 N–H and O–H groups in total. The zero-order valence-corrected chi connectivity index (χ0v) is 18.5. The first-order valence-electron chi connectivity index (χ1n) is 8.53. The van der Waals surface area contributed by atoms with E-state index in [1.165, 1.54) is 0 Å². The van der Waals surface area contributed by atoms with Crippen LogP contribution in [0.4, 0.5) is 0 Å². The number of hydrogen-bond acceptors (Lipinski definition) is 4. The molecule has 0 amide bonds. The van der Waals surface area contributed by atoms with Gasteiger partial charge in [-0.1, -0.05) is 6.92 Å². The van der Waals surface area contributed by atoms with Crippen LogP contribution in [0.25, 0.3) is 0 Å². The Morgan fingerprint density at radius 2 is 0.636 bits per heavy atom. The van der Waals surface area contributed by atoms with E-state index in [4.69, 9.17) is 17.7 Å².